The molecule has 0 atom stereocenters. The third-order valence-electron chi connectivity index (χ3n) is 4.58. The SMILES string of the molecule is Cc1ccc(/C=C/S(=O)(=O)N2CCc3nc(NC(=O)c4cnccn4)sc3C2)cc1. The van der Waals surface area contributed by atoms with Crippen LogP contribution in [0.3, 0.4) is 0 Å². The van der Waals surface area contributed by atoms with Gasteiger partial charge in [-0.1, -0.05) is 29.8 Å². The van der Waals surface area contributed by atoms with E-state index >= 15 is 0 Å². The van der Waals surface area contributed by atoms with E-state index in [1.807, 2.05) is 31.2 Å². The van der Waals surface area contributed by atoms with E-state index in [4.69, 9.17) is 0 Å². The Labute approximate surface area is 178 Å². The van der Waals surface area contributed by atoms with Crippen molar-refractivity contribution in [1.29, 1.82) is 0 Å². The van der Waals surface area contributed by atoms with Crippen LogP contribution in [0.5, 0.6) is 0 Å². The van der Waals surface area contributed by atoms with Gasteiger partial charge in [0.15, 0.2) is 5.13 Å². The normalized spacial score (nSPS) is 14.6. The second kappa shape index (κ2) is 8.42. The van der Waals surface area contributed by atoms with E-state index in [0.717, 1.165) is 21.7 Å². The van der Waals surface area contributed by atoms with Gasteiger partial charge < -0.3 is 0 Å². The number of aryl methyl sites for hydroxylation is 1. The average Bonchev–Trinajstić information content (AvgIpc) is 3.15. The lowest BCUT2D eigenvalue weighted by atomic mass is 10.2. The lowest BCUT2D eigenvalue weighted by Gasteiger charge is -2.23. The van der Waals surface area contributed by atoms with Crippen LogP contribution in [0.1, 0.15) is 32.2 Å². The summed E-state index contributed by atoms with van der Waals surface area (Å²) >= 11 is 1.27. The Morgan fingerprint density at radius 2 is 2.03 bits per heavy atom. The van der Waals surface area contributed by atoms with Gasteiger partial charge in [-0.3, -0.25) is 15.1 Å². The molecule has 0 radical (unpaired) electrons. The van der Waals surface area contributed by atoms with Crippen molar-refractivity contribution < 1.29 is 13.2 Å². The zero-order valence-corrected chi connectivity index (χ0v) is 17.8. The molecule has 30 heavy (non-hydrogen) atoms. The Balaban J connectivity index is 1.45. The van der Waals surface area contributed by atoms with E-state index in [1.54, 1.807) is 6.08 Å². The number of carbonyl (C=O) groups is 1. The highest BCUT2D eigenvalue weighted by molar-refractivity contribution is 7.92. The molecule has 1 aliphatic rings. The smallest absolute Gasteiger partial charge is 0.277 e. The van der Waals surface area contributed by atoms with E-state index in [9.17, 15) is 13.2 Å². The van der Waals surface area contributed by atoms with Gasteiger partial charge in [-0.15, -0.1) is 11.3 Å². The van der Waals surface area contributed by atoms with Crippen LogP contribution in [-0.4, -0.2) is 40.1 Å². The molecule has 10 heteroatoms. The predicted octanol–water partition coefficient (Wildman–Crippen LogP) is 2.85. The van der Waals surface area contributed by atoms with Gasteiger partial charge in [-0.2, -0.15) is 4.31 Å². The highest BCUT2D eigenvalue weighted by Crippen LogP contribution is 2.30. The zero-order chi connectivity index (χ0) is 21.1. The van der Waals surface area contributed by atoms with Crippen LogP contribution in [-0.2, 0) is 23.0 Å². The number of sulfonamides is 1. The Morgan fingerprint density at radius 1 is 1.23 bits per heavy atom. The second-order valence-electron chi connectivity index (χ2n) is 6.78. The summed E-state index contributed by atoms with van der Waals surface area (Å²) in [6, 6.07) is 7.64. The maximum atomic E-state index is 12.7. The van der Waals surface area contributed by atoms with Crippen molar-refractivity contribution in [2.24, 2.45) is 0 Å². The summed E-state index contributed by atoms with van der Waals surface area (Å²) < 4.78 is 26.9. The molecule has 1 N–H and O–H groups in total. The van der Waals surface area contributed by atoms with Crippen molar-refractivity contribution >= 4 is 38.5 Å². The number of rotatable bonds is 5. The summed E-state index contributed by atoms with van der Waals surface area (Å²) in [5.74, 6) is -0.403. The van der Waals surface area contributed by atoms with Gasteiger partial charge in [-0.05, 0) is 18.6 Å². The van der Waals surface area contributed by atoms with Crippen LogP contribution in [0.2, 0.25) is 0 Å². The zero-order valence-electron chi connectivity index (χ0n) is 16.1. The Hall–Kier alpha value is -2.95. The molecule has 0 saturated heterocycles. The number of fused-ring (bicyclic) bond motifs is 1. The number of hydrogen-bond acceptors (Lipinski definition) is 7. The highest BCUT2D eigenvalue weighted by Gasteiger charge is 2.28. The monoisotopic (exact) mass is 441 g/mol. The number of thiazole rings is 1. The number of anilines is 1. The van der Waals surface area contributed by atoms with Crippen molar-refractivity contribution in [3.05, 3.63) is 75.7 Å². The molecule has 0 bridgehead atoms. The first-order valence-electron chi connectivity index (χ1n) is 9.21. The van der Waals surface area contributed by atoms with Crippen LogP contribution in [0.25, 0.3) is 6.08 Å². The molecule has 4 rings (SSSR count). The summed E-state index contributed by atoms with van der Waals surface area (Å²) in [5.41, 5.74) is 2.94. The first kappa shape index (κ1) is 20.3. The van der Waals surface area contributed by atoms with Gasteiger partial charge in [0.25, 0.3) is 5.91 Å². The van der Waals surface area contributed by atoms with Crippen molar-refractivity contribution in [2.75, 3.05) is 11.9 Å². The van der Waals surface area contributed by atoms with E-state index in [-0.39, 0.29) is 12.2 Å². The summed E-state index contributed by atoms with van der Waals surface area (Å²) in [5, 5.41) is 4.36. The number of carbonyl (C=O) groups excluding carboxylic acids is 1. The van der Waals surface area contributed by atoms with Crippen LogP contribution < -0.4 is 5.32 Å². The summed E-state index contributed by atoms with van der Waals surface area (Å²) in [4.78, 5) is 25.3. The first-order valence-corrected chi connectivity index (χ1v) is 11.5. The Bertz CT molecular complexity index is 1190. The van der Waals surface area contributed by atoms with Gasteiger partial charge in [-0.25, -0.2) is 18.4 Å². The van der Waals surface area contributed by atoms with Crippen molar-refractivity contribution in [3.8, 4) is 0 Å². The molecule has 2 aromatic heterocycles. The van der Waals surface area contributed by atoms with E-state index in [2.05, 4.69) is 20.3 Å². The van der Waals surface area contributed by atoms with Crippen LogP contribution in [0, 0.1) is 6.92 Å². The fourth-order valence-electron chi connectivity index (χ4n) is 2.95. The molecule has 0 saturated carbocycles. The first-order chi connectivity index (χ1) is 14.4. The Morgan fingerprint density at radius 3 is 2.77 bits per heavy atom. The molecule has 0 unspecified atom stereocenters. The number of nitrogens with one attached hydrogen (secondary N) is 1. The largest absolute Gasteiger partial charge is 0.296 e. The van der Waals surface area contributed by atoms with Crippen molar-refractivity contribution in [3.63, 3.8) is 0 Å². The highest BCUT2D eigenvalue weighted by atomic mass is 32.2. The molecule has 1 amide bonds. The third-order valence-corrected chi connectivity index (χ3v) is 7.09. The van der Waals surface area contributed by atoms with E-state index in [1.165, 1.54) is 39.6 Å². The molecule has 154 valence electrons. The summed E-state index contributed by atoms with van der Waals surface area (Å²) in [6.07, 6.45) is 6.39. The number of aromatic nitrogens is 3. The molecule has 0 spiro atoms. The molecule has 3 heterocycles. The topological polar surface area (TPSA) is 105 Å². The molecule has 3 aromatic rings. The maximum Gasteiger partial charge on any atom is 0.277 e. The molecular weight excluding hydrogens is 422 g/mol. The minimum absolute atomic E-state index is 0.191. The Kier molecular flexibility index (Phi) is 5.71. The number of nitrogens with zero attached hydrogens (tertiary/aromatic N) is 4. The standard InChI is InChI=1S/C20H19N5O3S2/c1-14-2-4-15(5-3-14)7-11-30(27,28)25-10-6-16-18(13-25)29-20(23-16)24-19(26)17-12-21-8-9-22-17/h2-5,7-9,11-12H,6,10,13H2,1H3,(H,23,24,26)/b11-7+. The molecular formula is C20H19N5O3S2. The van der Waals surface area contributed by atoms with E-state index in [0.29, 0.717) is 18.1 Å². The van der Waals surface area contributed by atoms with Gasteiger partial charge in [0, 0.05) is 35.6 Å². The molecule has 1 aliphatic heterocycles. The van der Waals surface area contributed by atoms with Crippen molar-refractivity contribution in [1.82, 2.24) is 19.3 Å². The average molecular weight is 442 g/mol. The molecule has 0 aliphatic carbocycles. The van der Waals surface area contributed by atoms with Gasteiger partial charge in [0.05, 0.1) is 18.4 Å². The van der Waals surface area contributed by atoms with Crippen LogP contribution >= 0.6 is 11.3 Å². The van der Waals surface area contributed by atoms with Crippen molar-refractivity contribution in [2.45, 2.75) is 19.9 Å². The second-order valence-corrected chi connectivity index (χ2v) is 9.68. The minimum Gasteiger partial charge on any atom is -0.296 e. The third kappa shape index (κ3) is 4.61. The molecule has 0 fully saturated rings. The van der Waals surface area contributed by atoms with Gasteiger partial charge in [0.1, 0.15) is 5.69 Å². The quantitative estimate of drug-likeness (QED) is 0.653. The lowest BCUT2D eigenvalue weighted by molar-refractivity contribution is 0.102. The molecule has 8 nitrogen and oxygen atoms in total. The molecule has 1 aromatic carbocycles. The predicted molar refractivity (Wildman–Crippen MR) is 115 cm³/mol. The summed E-state index contributed by atoms with van der Waals surface area (Å²) in [6.45, 7) is 2.55. The van der Waals surface area contributed by atoms with Crippen LogP contribution in [0.4, 0.5) is 5.13 Å². The minimum atomic E-state index is -3.57. The number of hydrogen-bond donors (Lipinski definition) is 1. The maximum absolute atomic E-state index is 12.7. The van der Waals surface area contributed by atoms with Gasteiger partial charge in [0.2, 0.25) is 10.0 Å². The number of amides is 1. The van der Waals surface area contributed by atoms with Gasteiger partial charge >= 0.3 is 0 Å². The lowest BCUT2D eigenvalue weighted by Crippen LogP contribution is -2.34. The van der Waals surface area contributed by atoms with E-state index < -0.39 is 15.9 Å². The fourth-order valence-corrected chi connectivity index (χ4v) is 5.21. The number of benzene rings is 1. The van der Waals surface area contributed by atoms with Crippen LogP contribution in [0.15, 0.2) is 48.3 Å². The fraction of sp³-hybridized carbons (Fsp3) is 0.200. The summed E-state index contributed by atoms with van der Waals surface area (Å²) in [7, 11) is -3.57.